The lowest BCUT2D eigenvalue weighted by Gasteiger charge is -2.21. The van der Waals surface area contributed by atoms with Crippen molar-refractivity contribution in [1.82, 2.24) is 10.2 Å². The maximum Gasteiger partial charge on any atom is 0.243 e. The van der Waals surface area contributed by atoms with E-state index >= 15 is 0 Å². The molecule has 2 aromatic rings. The first-order valence-electron chi connectivity index (χ1n) is 10.9. The fourth-order valence-corrected chi connectivity index (χ4v) is 4.48. The Morgan fingerprint density at radius 2 is 1.58 bits per heavy atom. The van der Waals surface area contributed by atoms with Crippen LogP contribution < -0.4 is 15.5 Å². The summed E-state index contributed by atoms with van der Waals surface area (Å²) in [4.78, 5) is 24.1. The number of para-hydroxylation sites is 1. The van der Waals surface area contributed by atoms with Crippen LogP contribution in [0.3, 0.4) is 0 Å². The minimum absolute atomic E-state index is 0.0904. The molecular formula is C24H33N3O5S. The fraction of sp³-hybridized carbons (Fsp3) is 0.417. The first kappa shape index (κ1) is 26.5. The number of carbonyl (C=O) groups excluding carboxylic acids is 2. The number of hydrogen-bond donors (Lipinski definition) is 4. The summed E-state index contributed by atoms with van der Waals surface area (Å²) in [6.45, 7) is 6.13. The molecule has 4 N–H and O–H groups in total. The van der Waals surface area contributed by atoms with E-state index in [9.17, 15) is 18.0 Å². The maximum absolute atomic E-state index is 13.0. The van der Waals surface area contributed by atoms with Gasteiger partial charge in [0.1, 0.15) is 6.04 Å². The molecule has 0 aliphatic rings. The van der Waals surface area contributed by atoms with E-state index in [1.807, 2.05) is 26.8 Å². The highest BCUT2D eigenvalue weighted by atomic mass is 32.2. The van der Waals surface area contributed by atoms with Gasteiger partial charge in [-0.05, 0) is 48.1 Å². The Morgan fingerprint density at radius 3 is 2.15 bits per heavy atom. The van der Waals surface area contributed by atoms with Crippen LogP contribution >= 0.6 is 0 Å². The van der Waals surface area contributed by atoms with E-state index in [1.54, 1.807) is 54.0 Å². The number of amides is 2. The minimum Gasteiger partial charge on any atom is -0.325 e. The Balaban J connectivity index is 2.12. The zero-order valence-corrected chi connectivity index (χ0v) is 20.1. The van der Waals surface area contributed by atoms with Crippen LogP contribution in [0.15, 0.2) is 59.5 Å². The number of nitrogens with one attached hydrogen (secondary N) is 3. The predicted molar refractivity (Wildman–Crippen MR) is 127 cm³/mol. The molecule has 0 bridgehead atoms. The second kappa shape index (κ2) is 11.9. The highest BCUT2D eigenvalue weighted by Gasteiger charge is 2.26. The van der Waals surface area contributed by atoms with Gasteiger partial charge in [0.15, 0.2) is 0 Å². The summed E-state index contributed by atoms with van der Waals surface area (Å²) >= 11 is 0. The molecule has 180 valence electrons. The second-order valence-electron chi connectivity index (χ2n) is 8.94. The molecular weight excluding hydrogens is 442 g/mol. The van der Waals surface area contributed by atoms with Crippen molar-refractivity contribution in [2.75, 3.05) is 5.32 Å². The summed E-state index contributed by atoms with van der Waals surface area (Å²) in [5.41, 5.74) is 3.04. The van der Waals surface area contributed by atoms with Gasteiger partial charge in [-0.1, -0.05) is 63.9 Å². The molecule has 0 aliphatic carbocycles. The van der Waals surface area contributed by atoms with Crippen LogP contribution in [0.1, 0.15) is 58.4 Å². The SMILES string of the molecule is CC(C)(C)c1ccc(S(=O)(=O)N[C@@H](CCCCCC(=O)NO)C(=O)Nc2ccccc2)cc1. The molecule has 2 amide bonds. The van der Waals surface area contributed by atoms with Gasteiger partial charge in [0.05, 0.1) is 4.90 Å². The van der Waals surface area contributed by atoms with Crippen LogP contribution in [0, 0.1) is 0 Å². The molecule has 0 saturated heterocycles. The van der Waals surface area contributed by atoms with Crippen molar-refractivity contribution in [3.8, 4) is 0 Å². The maximum atomic E-state index is 13.0. The molecule has 0 heterocycles. The van der Waals surface area contributed by atoms with E-state index in [-0.39, 0.29) is 23.2 Å². The summed E-state index contributed by atoms with van der Waals surface area (Å²) in [7, 11) is -3.93. The molecule has 0 saturated carbocycles. The van der Waals surface area contributed by atoms with Crippen LogP contribution in [0.2, 0.25) is 0 Å². The molecule has 2 rings (SSSR count). The average molecular weight is 476 g/mol. The van der Waals surface area contributed by atoms with Gasteiger partial charge in [0.2, 0.25) is 21.8 Å². The smallest absolute Gasteiger partial charge is 0.243 e. The third-order valence-electron chi connectivity index (χ3n) is 5.21. The number of unbranched alkanes of at least 4 members (excludes halogenated alkanes) is 2. The number of anilines is 1. The number of hydroxylamine groups is 1. The van der Waals surface area contributed by atoms with Gasteiger partial charge in [-0.2, -0.15) is 4.72 Å². The Hall–Kier alpha value is -2.75. The summed E-state index contributed by atoms with van der Waals surface area (Å²) in [6, 6.07) is 14.5. The van der Waals surface area contributed by atoms with E-state index in [1.165, 1.54) is 0 Å². The summed E-state index contributed by atoms with van der Waals surface area (Å²) in [5, 5.41) is 11.3. The Bertz CT molecular complexity index is 1020. The average Bonchev–Trinajstić information content (AvgIpc) is 2.78. The molecule has 33 heavy (non-hydrogen) atoms. The van der Waals surface area contributed by atoms with E-state index in [2.05, 4.69) is 10.0 Å². The first-order chi connectivity index (χ1) is 15.5. The third-order valence-corrected chi connectivity index (χ3v) is 6.69. The predicted octanol–water partition coefficient (Wildman–Crippen LogP) is 3.73. The highest BCUT2D eigenvalue weighted by Crippen LogP contribution is 2.23. The lowest BCUT2D eigenvalue weighted by atomic mass is 9.87. The van der Waals surface area contributed by atoms with Gasteiger partial charge in [-0.3, -0.25) is 14.8 Å². The van der Waals surface area contributed by atoms with Gasteiger partial charge in [-0.25, -0.2) is 13.9 Å². The van der Waals surface area contributed by atoms with Gasteiger partial charge >= 0.3 is 0 Å². The van der Waals surface area contributed by atoms with Crippen molar-refractivity contribution >= 4 is 27.5 Å². The highest BCUT2D eigenvalue weighted by molar-refractivity contribution is 7.89. The van der Waals surface area contributed by atoms with E-state index in [4.69, 9.17) is 5.21 Å². The molecule has 0 aliphatic heterocycles. The van der Waals surface area contributed by atoms with Crippen LogP contribution in [0.5, 0.6) is 0 Å². The molecule has 0 fully saturated rings. The number of hydrogen-bond acceptors (Lipinski definition) is 5. The number of benzene rings is 2. The minimum atomic E-state index is -3.93. The molecule has 1 atom stereocenters. The number of carbonyl (C=O) groups is 2. The van der Waals surface area contributed by atoms with E-state index in [0.29, 0.717) is 24.9 Å². The van der Waals surface area contributed by atoms with Gasteiger partial charge < -0.3 is 5.32 Å². The van der Waals surface area contributed by atoms with Crippen molar-refractivity contribution in [1.29, 1.82) is 0 Å². The zero-order chi connectivity index (χ0) is 24.5. The second-order valence-corrected chi connectivity index (χ2v) is 10.7. The molecule has 9 heteroatoms. The number of sulfonamides is 1. The lowest BCUT2D eigenvalue weighted by Crippen LogP contribution is -2.43. The van der Waals surface area contributed by atoms with Crippen LogP contribution in [-0.2, 0) is 25.0 Å². The lowest BCUT2D eigenvalue weighted by molar-refractivity contribution is -0.129. The molecule has 0 unspecified atom stereocenters. The van der Waals surface area contributed by atoms with Crippen molar-refractivity contribution in [3.05, 3.63) is 60.2 Å². The molecule has 0 spiro atoms. The summed E-state index contributed by atoms with van der Waals surface area (Å²) in [5.74, 6) is -0.933. The van der Waals surface area contributed by atoms with Crippen LogP contribution in [-0.4, -0.2) is 31.5 Å². The monoisotopic (exact) mass is 475 g/mol. The van der Waals surface area contributed by atoms with Crippen LogP contribution in [0.25, 0.3) is 0 Å². The Morgan fingerprint density at radius 1 is 0.939 bits per heavy atom. The molecule has 0 aromatic heterocycles. The first-order valence-corrected chi connectivity index (χ1v) is 12.4. The normalized spacial score (nSPS) is 12.7. The standard InChI is InChI=1S/C24H33N3O5S/c1-24(2,3)18-14-16-20(17-15-18)33(31,32)27-21(12-8-5-9-13-22(28)26-30)23(29)25-19-10-6-4-7-11-19/h4,6-7,10-11,14-17,21,27,30H,5,8-9,12-13H2,1-3H3,(H,25,29)(H,26,28)/t21-/m0/s1. The van der Waals surface area contributed by atoms with Crippen molar-refractivity contribution in [2.24, 2.45) is 0 Å². The fourth-order valence-electron chi connectivity index (χ4n) is 3.25. The number of rotatable bonds is 11. The quantitative estimate of drug-likeness (QED) is 0.224. The Labute approximate surface area is 195 Å². The summed E-state index contributed by atoms with van der Waals surface area (Å²) in [6.07, 6.45) is 2.06. The van der Waals surface area contributed by atoms with Crippen molar-refractivity contribution < 1.29 is 23.2 Å². The van der Waals surface area contributed by atoms with Crippen LogP contribution in [0.4, 0.5) is 5.69 Å². The van der Waals surface area contributed by atoms with Gasteiger partial charge in [0, 0.05) is 12.1 Å². The molecule has 8 nitrogen and oxygen atoms in total. The molecule has 2 aromatic carbocycles. The Kier molecular flexibility index (Phi) is 9.57. The van der Waals surface area contributed by atoms with E-state index in [0.717, 1.165) is 5.56 Å². The third kappa shape index (κ3) is 8.60. The zero-order valence-electron chi connectivity index (χ0n) is 19.3. The van der Waals surface area contributed by atoms with Crippen molar-refractivity contribution in [2.45, 2.75) is 69.2 Å². The van der Waals surface area contributed by atoms with Gasteiger partial charge in [-0.15, -0.1) is 0 Å². The van der Waals surface area contributed by atoms with Crippen molar-refractivity contribution in [3.63, 3.8) is 0 Å². The van der Waals surface area contributed by atoms with Gasteiger partial charge in [0.25, 0.3) is 0 Å². The summed E-state index contributed by atoms with van der Waals surface area (Å²) < 4.78 is 28.6. The topological polar surface area (TPSA) is 125 Å². The molecule has 0 radical (unpaired) electrons. The van der Waals surface area contributed by atoms with E-state index < -0.39 is 27.9 Å². The largest absolute Gasteiger partial charge is 0.325 e.